The molecule has 0 aliphatic heterocycles. The zero-order valence-corrected chi connectivity index (χ0v) is 18.6. The van der Waals surface area contributed by atoms with Crippen molar-refractivity contribution < 1.29 is 18.8 Å². The molecule has 1 saturated carbocycles. The molecule has 1 aliphatic rings. The lowest BCUT2D eigenvalue weighted by Gasteiger charge is -2.32. The Balaban J connectivity index is 1.71. The van der Waals surface area contributed by atoms with E-state index in [0.29, 0.717) is 24.8 Å². The molecule has 3 atom stereocenters. The molecule has 0 spiro atoms. The van der Waals surface area contributed by atoms with Crippen molar-refractivity contribution in [2.75, 3.05) is 0 Å². The number of hydrogen-bond acceptors (Lipinski definition) is 7. The first-order valence-corrected chi connectivity index (χ1v) is 10.9. The largest absolute Gasteiger partial charge is 0.434 e. The van der Waals surface area contributed by atoms with Crippen molar-refractivity contribution in [3.63, 3.8) is 0 Å². The number of nitrogens with zero attached hydrogens (tertiary/aromatic N) is 2. The number of nitrogens with one attached hydrogen (secondary N) is 3. The lowest BCUT2D eigenvalue weighted by molar-refractivity contribution is -0.127. The van der Waals surface area contributed by atoms with Crippen LogP contribution in [0.1, 0.15) is 67.0 Å². The van der Waals surface area contributed by atoms with Crippen molar-refractivity contribution in [1.29, 1.82) is 0 Å². The standard InChI is InChI=1S/C21H26ClN5O5/c1-11(2)9-15(17(28)20-26-27-21(31)32-20)25-19(30)13-5-3-4-6-14(13)24-18(29)12-7-8-16(22)23-10-12/h7-8,10-11,13-15H,3-6,9H2,1-2H3,(H,24,29)(H,25,30)(H,27,31)/t13-,14+,15?/m1/s1. The van der Waals surface area contributed by atoms with Crippen LogP contribution in [0.25, 0.3) is 0 Å². The minimum absolute atomic E-state index is 0.0918. The lowest BCUT2D eigenvalue weighted by Crippen LogP contribution is -2.52. The van der Waals surface area contributed by atoms with Gasteiger partial charge in [0.1, 0.15) is 5.15 Å². The molecule has 11 heteroatoms. The molecule has 1 unspecified atom stereocenters. The Bertz CT molecular complexity index is 1020. The van der Waals surface area contributed by atoms with Gasteiger partial charge in [-0.05, 0) is 37.3 Å². The van der Waals surface area contributed by atoms with Gasteiger partial charge >= 0.3 is 5.76 Å². The van der Waals surface area contributed by atoms with Crippen LogP contribution in [0, 0.1) is 11.8 Å². The summed E-state index contributed by atoms with van der Waals surface area (Å²) >= 11 is 5.77. The number of carbonyl (C=O) groups is 3. The van der Waals surface area contributed by atoms with E-state index in [0.717, 1.165) is 12.8 Å². The highest BCUT2D eigenvalue weighted by molar-refractivity contribution is 6.29. The minimum Gasteiger partial charge on any atom is -0.384 e. The zero-order chi connectivity index (χ0) is 23.3. The number of carbonyl (C=O) groups excluding carboxylic acids is 3. The Hall–Kier alpha value is -3.01. The molecule has 10 nitrogen and oxygen atoms in total. The van der Waals surface area contributed by atoms with E-state index in [1.54, 1.807) is 6.07 Å². The first kappa shape index (κ1) is 23.6. The highest BCUT2D eigenvalue weighted by Crippen LogP contribution is 2.26. The summed E-state index contributed by atoms with van der Waals surface area (Å²) in [5.41, 5.74) is 0.348. The Morgan fingerprint density at radius 1 is 1.25 bits per heavy atom. The van der Waals surface area contributed by atoms with Gasteiger partial charge in [0.15, 0.2) is 0 Å². The average Bonchev–Trinajstić information content (AvgIpc) is 3.19. The van der Waals surface area contributed by atoms with E-state index in [4.69, 9.17) is 16.0 Å². The van der Waals surface area contributed by atoms with Gasteiger partial charge in [-0.25, -0.2) is 14.9 Å². The van der Waals surface area contributed by atoms with E-state index < -0.39 is 23.5 Å². The zero-order valence-electron chi connectivity index (χ0n) is 17.9. The van der Waals surface area contributed by atoms with E-state index in [-0.39, 0.29) is 34.8 Å². The molecule has 2 aromatic rings. The summed E-state index contributed by atoms with van der Waals surface area (Å²) in [5, 5.41) is 11.6. The molecular formula is C21H26ClN5O5. The quantitative estimate of drug-likeness (QED) is 0.401. The van der Waals surface area contributed by atoms with Crippen LogP contribution in [0.4, 0.5) is 0 Å². The van der Waals surface area contributed by atoms with Crippen LogP contribution in [0.3, 0.4) is 0 Å². The minimum atomic E-state index is -0.896. The maximum absolute atomic E-state index is 13.1. The molecule has 1 aliphatic carbocycles. The molecule has 3 rings (SSSR count). The van der Waals surface area contributed by atoms with Gasteiger partial charge in [0, 0.05) is 12.2 Å². The summed E-state index contributed by atoms with van der Waals surface area (Å²) in [6.07, 6.45) is 4.66. The second kappa shape index (κ2) is 10.5. The average molecular weight is 464 g/mol. The van der Waals surface area contributed by atoms with Crippen LogP contribution < -0.4 is 16.4 Å². The van der Waals surface area contributed by atoms with Crippen LogP contribution >= 0.6 is 11.6 Å². The van der Waals surface area contributed by atoms with Gasteiger partial charge in [0.2, 0.25) is 11.7 Å². The third-order valence-electron chi connectivity index (χ3n) is 5.40. The number of aromatic nitrogens is 3. The Kier molecular flexibility index (Phi) is 7.79. The van der Waals surface area contributed by atoms with Crippen molar-refractivity contribution in [3.8, 4) is 0 Å². The van der Waals surface area contributed by atoms with E-state index in [1.165, 1.54) is 12.3 Å². The van der Waals surface area contributed by atoms with Gasteiger partial charge in [-0.3, -0.25) is 14.4 Å². The first-order chi connectivity index (χ1) is 15.2. The maximum atomic E-state index is 13.1. The highest BCUT2D eigenvalue weighted by Gasteiger charge is 2.35. The van der Waals surface area contributed by atoms with Gasteiger partial charge < -0.3 is 15.1 Å². The normalized spacial score (nSPS) is 19.4. The van der Waals surface area contributed by atoms with Gasteiger partial charge in [-0.1, -0.05) is 38.3 Å². The monoisotopic (exact) mass is 463 g/mol. The van der Waals surface area contributed by atoms with Gasteiger partial charge in [-0.2, -0.15) is 0 Å². The second-order valence-electron chi connectivity index (χ2n) is 8.31. The predicted octanol–water partition coefficient (Wildman–Crippen LogP) is 2.11. The molecule has 32 heavy (non-hydrogen) atoms. The number of pyridine rings is 1. The second-order valence-corrected chi connectivity index (χ2v) is 8.70. The molecule has 2 amide bonds. The number of hydrogen-bond donors (Lipinski definition) is 3. The number of aromatic amines is 1. The molecule has 172 valence electrons. The maximum Gasteiger partial charge on any atom is 0.434 e. The molecule has 2 heterocycles. The molecular weight excluding hydrogens is 438 g/mol. The van der Waals surface area contributed by atoms with Crippen LogP contribution in [-0.2, 0) is 4.79 Å². The summed E-state index contributed by atoms with van der Waals surface area (Å²) in [5.74, 6) is -2.86. The van der Waals surface area contributed by atoms with Crippen molar-refractivity contribution in [1.82, 2.24) is 25.8 Å². The van der Waals surface area contributed by atoms with Crippen LogP contribution in [-0.4, -0.2) is 44.9 Å². The van der Waals surface area contributed by atoms with Crippen LogP contribution in [0.2, 0.25) is 5.15 Å². The summed E-state index contributed by atoms with van der Waals surface area (Å²) in [7, 11) is 0. The fourth-order valence-corrected chi connectivity index (χ4v) is 3.96. The number of halogens is 1. The number of Topliss-reactive ketones (excluding diaryl/α,β-unsaturated/α-hetero) is 1. The van der Waals surface area contributed by atoms with E-state index >= 15 is 0 Å². The summed E-state index contributed by atoms with van der Waals surface area (Å²) in [4.78, 5) is 53.7. The topological polar surface area (TPSA) is 147 Å². The van der Waals surface area contributed by atoms with Crippen LogP contribution in [0.5, 0.6) is 0 Å². The third-order valence-corrected chi connectivity index (χ3v) is 5.62. The Morgan fingerprint density at radius 3 is 2.62 bits per heavy atom. The summed E-state index contributed by atoms with van der Waals surface area (Å²) in [6, 6.07) is 1.81. The molecule has 0 aromatic carbocycles. The molecule has 0 radical (unpaired) electrons. The number of amides is 2. The van der Waals surface area contributed by atoms with Crippen molar-refractivity contribution >= 4 is 29.2 Å². The molecule has 2 aromatic heterocycles. The SMILES string of the molecule is CC(C)CC(NC(=O)[C@@H]1CCCC[C@@H]1NC(=O)c1ccc(Cl)nc1)C(=O)c1n[nH]c(=O)o1. The number of H-pyrrole nitrogens is 1. The fourth-order valence-electron chi connectivity index (χ4n) is 3.85. The van der Waals surface area contributed by atoms with Gasteiger partial charge in [0.05, 0.1) is 17.5 Å². The Morgan fingerprint density at radius 2 is 2.00 bits per heavy atom. The third kappa shape index (κ3) is 6.03. The van der Waals surface area contributed by atoms with Crippen molar-refractivity contribution in [2.45, 2.75) is 58.0 Å². The first-order valence-electron chi connectivity index (χ1n) is 10.6. The highest BCUT2D eigenvalue weighted by atomic mass is 35.5. The smallest absolute Gasteiger partial charge is 0.384 e. The fraction of sp³-hybridized carbons (Fsp3) is 0.524. The number of ketones is 1. The van der Waals surface area contributed by atoms with E-state index in [9.17, 15) is 19.2 Å². The molecule has 0 saturated heterocycles. The van der Waals surface area contributed by atoms with Gasteiger partial charge in [0.25, 0.3) is 11.8 Å². The van der Waals surface area contributed by atoms with Gasteiger partial charge in [-0.15, -0.1) is 5.10 Å². The van der Waals surface area contributed by atoms with Crippen molar-refractivity contribution in [3.05, 3.63) is 45.5 Å². The molecule has 0 bridgehead atoms. The summed E-state index contributed by atoms with van der Waals surface area (Å²) in [6.45, 7) is 3.83. The number of rotatable bonds is 8. The van der Waals surface area contributed by atoms with Crippen molar-refractivity contribution in [2.24, 2.45) is 11.8 Å². The van der Waals surface area contributed by atoms with E-state index in [1.807, 2.05) is 13.8 Å². The predicted molar refractivity (Wildman–Crippen MR) is 115 cm³/mol. The Labute approximate surface area is 189 Å². The molecule has 1 fully saturated rings. The van der Waals surface area contributed by atoms with E-state index in [2.05, 4.69) is 25.8 Å². The lowest BCUT2D eigenvalue weighted by atomic mass is 9.83. The molecule has 3 N–H and O–H groups in total. The summed E-state index contributed by atoms with van der Waals surface area (Å²) < 4.78 is 4.77. The van der Waals surface area contributed by atoms with Crippen LogP contribution in [0.15, 0.2) is 27.5 Å².